The number of aliphatic hydroxyl groups is 1. The van der Waals surface area contributed by atoms with Gasteiger partial charge < -0.3 is 15.2 Å². The summed E-state index contributed by atoms with van der Waals surface area (Å²) >= 11 is 1.71. The summed E-state index contributed by atoms with van der Waals surface area (Å²) in [6.07, 6.45) is 1.63. The van der Waals surface area contributed by atoms with E-state index >= 15 is 0 Å². The van der Waals surface area contributed by atoms with Gasteiger partial charge in [-0.2, -0.15) is 8.78 Å². The van der Waals surface area contributed by atoms with Gasteiger partial charge in [0.05, 0.1) is 6.10 Å². The number of halogens is 2. The first kappa shape index (κ1) is 16.4. The first-order valence-electron chi connectivity index (χ1n) is 7.63. The van der Waals surface area contributed by atoms with Crippen LogP contribution in [0.4, 0.5) is 8.78 Å². The van der Waals surface area contributed by atoms with Crippen LogP contribution in [-0.4, -0.2) is 18.3 Å². The maximum absolute atomic E-state index is 12.3. The second-order valence-corrected chi connectivity index (χ2v) is 6.68. The van der Waals surface area contributed by atoms with Crippen molar-refractivity contribution >= 4 is 11.3 Å². The molecule has 0 amide bonds. The maximum Gasteiger partial charge on any atom is 0.387 e. The normalized spacial score (nSPS) is 17.2. The molecule has 0 aliphatic heterocycles. The van der Waals surface area contributed by atoms with Gasteiger partial charge in [-0.1, -0.05) is 18.2 Å². The molecule has 1 fully saturated rings. The van der Waals surface area contributed by atoms with Crippen LogP contribution in [0.15, 0.2) is 41.8 Å². The molecule has 0 saturated heterocycles. The molecule has 6 heteroatoms. The summed E-state index contributed by atoms with van der Waals surface area (Å²) in [5.41, 5.74) is 0.566. The highest BCUT2D eigenvalue weighted by Crippen LogP contribution is 2.42. The van der Waals surface area contributed by atoms with Gasteiger partial charge >= 0.3 is 6.61 Å². The molecular weight excluding hydrogens is 320 g/mol. The summed E-state index contributed by atoms with van der Waals surface area (Å²) in [5.74, 6) is 0.683. The van der Waals surface area contributed by atoms with Crippen LogP contribution < -0.4 is 10.1 Å². The Morgan fingerprint density at radius 3 is 2.74 bits per heavy atom. The number of thiophene rings is 1. The van der Waals surface area contributed by atoms with Crippen molar-refractivity contribution in [2.45, 2.75) is 31.6 Å². The van der Waals surface area contributed by atoms with E-state index in [9.17, 15) is 13.9 Å². The summed E-state index contributed by atoms with van der Waals surface area (Å²) in [7, 11) is 0. The third-order valence-electron chi connectivity index (χ3n) is 3.94. The number of benzene rings is 1. The standard InChI is InChI=1S/C17H19F2NO2S/c18-17(19)22-13-4-1-3-12(9-13)14(21)10-20-16(11-6-7-11)15-5-2-8-23-15/h1-5,8-9,11,14,16-17,20-21H,6-7,10H2. The van der Waals surface area contributed by atoms with Crippen molar-refractivity contribution in [2.24, 2.45) is 5.92 Å². The van der Waals surface area contributed by atoms with Crippen molar-refractivity contribution in [1.29, 1.82) is 0 Å². The number of hydrogen-bond acceptors (Lipinski definition) is 4. The number of ether oxygens (including phenoxy) is 1. The van der Waals surface area contributed by atoms with Crippen molar-refractivity contribution in [2.75, 3.05) is 6.54 Å². The zero-order valence-electron chi connectivity index (χ0n) is 12.5. The Kier molecular flexibility index (Phi) is 5.25. The van der Waals surface area contributed by atoms with Crippen molar-refractivity contribution < 1.29 is 18.6 Å². The Balaban J connectivity index is 1.61. The third-order valence-corrected chi connectivity index (χ3v) is 4.90. The molecule has 0 bridgehead atoms. The molecule has 2 atom stereocenters. The van der Waals surface area contributed by atoms with E-state index in [2.05, 4.69) is 16.1 Å². The topological polar surface area (TPSA) is 41.5 Å². The molecule has 3 rings (SSSR count). The third kappa shape index (κ3) is 4.50. The smallest absolute Gasteiger partial charge is 0.387 e. The molecule has 2 aromatic rings. The number of hydrogen-bond donors (Lipinski definition) is 2. The molecular formula is C17H19F2NO2S. The van der Waals surface area contributed by atoms with Crippen LogP contribution in [0, 0.1) is 5.92 Å². The van der Waals surface area contributed by atoms with E-state index in [1.165, 1.54) is 29.9 Å². The molecule has 1 aromatic carbocycles. The predicted octanol–water partition coefficient (Wildman–Crippen LogP) is 4.12. The molecule has 124 valence electrons. The Morgan fingerprint density at radius 1 is 1.26 bits per heavy atom. The highest BCUT2D eigenvalue weighted by molar-refractivity contribution is 7.10. The molecule has 0 spiro atoms. The van der Waals surface area contributed by atoms with Gasteiger partial charge in [-0.25, -0.2) is 0 Å². The van der Waals surface area contributed by atoms with Gasteiger partial charge in [-0.15, -0.1) is 11.3 Å². The number of aliphatic hydroxyl groups excluding tert-OH is 1. The van der Waals surface area contributed by atoms with Crippen LogP contribution in [0.5, 0.6) is 5.75 Å². The molecule has 1 heterocycles. The molecule has 3 nitrogen and oxygen atoms in total. The summed E-state index contributed by atoms with van der Waals surface area (Å²) in [6, 6.07) is 10.6. The van der Waals surface area contributed by atoms with E-state index in [0.29, 0.717) is 18.0 Å². The minimum absolute atomic E-state index is 0.0635. The molecule has 0 radical (unpaired) electrons. The molecule has 23 heavy (non-hydrogen) atoms. The van der Waals surface area contributed by atoms with Crippen molar-refractivity contribution in [3.8, 4) is 5.75 Å². The van der Waals surface area contributed by atoms with Gasteiger partial charge in [0.2, 0.25) is 0 Å². The lowest BCUT2D eigenvalue weighted by atomic mass is 10.1. The van der Waals surface area contributed by atoms with E-state index in [-0.39, 0.29) is 11.8 Å². The van der Waals surface area contributed by atoms with E-state index in [0.717, 1.165) is 0 Å². The second-order valence-electron chi connectivity index (χ2n) is 5.71. The minimum Gasteiger partial charge on any atom is -0.435 e. The van der Waals surface area contributed by atoms with Crippen LogP contribution in [-0.2, 0) is 0 Å². The fraction of sp³-hybridized carbons (Fsp3) is 0.412. The largest absolute Gasteiger partial charge is 0.435 e. The minimum atomic E-state index is -2.86. The summed E-state index contributed by atoms with van der Waals surface area (Å²) in [6.45, 7) is -2.49. The fourth-order valence-corrected chi connectivity index (χ4v) is 3.55. The van der Waals surface area contributed by atoms with Gasteiger partial charge in [-0.05, 0) is 47.9 Å². The van der Waals surface area contributed by atoms with Crippen molar-refractivity contribution in [3.05, 3.63) is 52.2 Å². The maximum atomic E-state index is 12.3. The lowest BCUT2D eigenvalue weighted by molar-refractivity contribution is -0.0499. The summed E-state index contributed by atoms with van der Waals surface area (Å²) < 4.78 is 28.9. The highest BCUT2D eigenvalue weighted by atomic mass is 32.1. The Morgan fingerprint density at radius 2 is 2.09 bits per heavy atom. The average molecular weight is 339 g/mol. The predicted molar refractivity (Wildman–Crippen MR) is 85.8 cm³/mol. The van der Waals surface area contributed by atoms with E-state index < -0.39 is 12.7 Å². The van der Waals surface area contributed by atoms with E-state index in [1.54, 1.807) is 23.5 Å². The van der Waals surface area contributed by atoms with Crippen molar-refractivity contribution in [3.63, 3.8) is 0 Å². The Bertz CT molecular complexity index is 617. The van der Waals surface area contributed by atoms with Gasteiger partial charge in [0.1, 0.15) is 5.75 Å². The summed E-state index contributed by atoms with van der Waals surface area (Å²) in [5, 5.41) is 15.8. The van der Waals surface area contributed by atoms with E-state index in [1.807, 2.05) is 11.4 Å². The number of alkyl halides is 2. The van der Waals surface area contributed by atoms with Crippen LogP contribution in [0.2, 0.25) is 0 Å². The summed E-state index contributed by atoms with van der Waals surface area (Å²) in [4.78, 5) is 1.27. The lowest BCUT2D eigenvalue weighted by Gasteiger charge is -2.20. The molecule has 2 N–H and O–H groups in total. The molecule has 2 unspecified atom stereocenters. The van der Waals surface area contributed by atoms with E-state index in [4.69, 9.17) is 0 Å². The van der Waals surface area contributed by atoms with Crippen LogP contribution in [0.3, 0.4) is 0 Å². The molecule has 1 saturated carbocycles. The Hall–Kier alpha value is -1.50. The zero-order chi connectivity index (χ0) is 16.2. The fourth-order valence-electron chi connectivity index (χ4n) is 2.65. The van der Waals surface area contributed by atoms with Crippen molar-refractivity contribution in [1.82, 2.24) is 5.32 Å². The zero-order valence-corrected chi connectivity index (χ0v) is 13.3. The van der Waals surface area contributed by atoms with Gasteiger partial charge in [-0.3, -0.25) is 0 Å². The second kappa shape index (κ2) is 7.38. The SMILES string of the molecule is OC(CNC(c1cccs1)C1CC1)c1cccc(OC(F)F)c1. The molecule has 1 aliphatic rings. The van der Waals surface area contributed by atoms with Crippen LogP contribution >= 0.6 is 11.3 Å². The quantitative estimate of drug-likeness (QED) is 0.760. The number of nitrogens with one attached hydrogen (secondary N) is 1. The van der Waals surface area contributed by atoms with Crippen LogP contribution in [0.1, 0.15) is 35.4 Å². The van der Waals surface area contributed by atoms with Gasteiger partial charge in [0.25, 0.3) is 0 Å². The highest BCUT2D eigenvalue weighted by Gasteiger charge is 2.32. The van der Waals surface area contributed by atoms with Crippen LogP contribution in [0.25, 0.3) is 0 Å². The lowest BCUT2D eigenvalue weighted by Crippen LogP contribution is -2.27. The molecule has 1 aliphatic carbocycles. The van der Waals surface area contributed by atoms with Gasteiger partial charge in [0.15, 0.2) is 0 Å². The van der Waals surface area contributed by atoms with Gasteiger partial charge in [0, 0.05) is 17.5 Å². The monoisotopic (exact) mass is 339 g/mol. The number of rotatable bonds is 8. The average Bonchev–Trinajstić information content (AvgIpc) is 3.21. The Labute approximate surface area is 137 Å². The first-order chi connectivity index (χ1) is 11.1. The first-order valence-corrected chi connectivity index (χ1v) is 8.51. The molecule has 1 aromatic heterocycles.